The SMILES string of the molecule is CS(=O)(=O)CCS(=O)(=O)Nc1ccc(I)cc1Cl. The van der Waals surface area contributed by atoms with Crippen molar-refractivity contribution in [2.75, 3.05) is 22.5 Å². The molecule has 9 heteroatoms. The highest BCUT2D eigenvalue weighted by atomic mass is 127. The highest BCUT2D eigenvalue weighted by molar-refractivity contribution is 14.1. The first kappa shape index (κ1) is 16.0. The molecule has 1 aromatic carbocycles. The largest absolute Gasteiger partial charge is 0.282 e. The van der Waals surface area contributed by atoms with Crippen molar-refractivity contribution in [3.8, 4) is 0 Å². The predicted octanol–water partition coefficient (Wildman–Crippen LogP) is 1.73. The molecule has 0 saturated heterocycles. The van der Waals surface area contributed by atoms with Gasteiger partial charge in [-0.25, -0.2) is 16.8 Å². The van der Waals surface area contributed by atoms with Gasteiger partial charge in [0.1, 0.15) is 9.84 Å². The molecule has 0 amide bonds. The van der Waals surface area contributed by atoms with Gasteiger partial charge < -0.3 is 0 Å². The van der Waals surface area contributed by atoms with Crippen LogP contribution >= 0.6 is 34.2 Å². The Hall–Kier alpha value is -0.0600. The molecular formula is C9H11ClINO4S2. The lowest BCUT2D eigenvalue weighted by Crippen LogP contribution is -2.22. The molecule has 1 rings (SSSR count). The van der Waals surface area contributed by atoms with Crippen molar-refractivity contribution in [3.05, 3.63) is 26.8 Å². The lowest BCUT2D eigenvalue weighted by molar-refractivity contribution is 0.593. The molecule has 0 atom stereocenters. The van der Waals surface area contributed by atoms with E-state index in [0.717, 1.165) is 9.83 Å². The van der Waals surface area contributed by atoms with Crippen molar-refractivity contribution in [1.29, 1.82) is 0 Å². The van der Waals surface area contributed by atoms with Gasteiger partial charge in [0.05, 0.1) is 22.2 Å². The van der Waals surface area contributed by atoms with Gasteiger partial charge in [0.2, 0.25) is 10.0 Å². The topological polar surface area (TPSA) is 80.3 Å². The number of hydrogen-bond acceptors (Lipinski definition) is 4. The average molecular weight is 424 g/mol. The van der Waals surface area contributed by atoms with Crippen molar-refractivity contribution < 1.29 is 16.8 Å². The summed E-state index contributed by atoms with van der Waals surface area (Å²) in [6, 6.07) is 4.83. The van der Waals surface area contributed by atoms with Gasteiger partial charge in [-0.05, 0) is 40.8 Å². The first-order chi connectivity index (χ1) is 8.09. The number of nitrogens with one attached hydrogen (secondary N) is 1. The molecule has 0 unspecified atom stereocenters. The summed E-state index contributed by atoms with van der Waals surface area (Å²) in [6.45, 7) is 0. The lowest BCUT2D eigenvalue weighted by Gasteiger charge is -2.09. The van der Waals surface area contributed by atoms with Gasteiger partial charge in [-0.1, -0.05) is 11.6 Å². The third-order valence-electron chi connectivity index (χ3n) is 1.92. The van der Waals surface area contributed by atoms with Crippen molar-refractivity contribution in [2.24, 2.45) is 0 Å². The molecular weight excluding hydrogens is 413 g/mol. The van der Waals surface area contributed by atoms with Crippen LogP contribution in [-0.4, -0.2) is 34.6 Å². The van der Waals surface area contributed by atoms with Crippen LogP contribution in [0.5, 0.6) is 0 Å². The molecule has 18 heavy (non-hydrogen) atoms. The van der Waals surface area contributed by atoms with Gasteiger partial charge in [0.15, 0.2) is 0 Å². The quantitative estimate of drug-likeness (QED) is 0.732. The molecule has 0 saturated carbocycles. The number of rotatable bonds is 5. The van der Waals surface area contributed by atoms with Gasteiger partial charge in [0, 0.05) is 9.83 Å². The second-order valence-corrected chi connectivity index (χ2v) is 9.43. The van der Waals surface area contributed by atoms with E-state index in [0.29, 0.717) is 0 Å². The van der Waals surface area contributed by atoms with E-state index in [1.807, 2.05) is 22.6 Å². The molecule has 0 aliphatic heterocycles. The van der Waals surface area contributed by atoms with Crippen LogP contribution in [0.2, 0.25) is 5.02 Å². The minimum Gasteiger partial charge on any atom is -0.282 e. The van der Waals surface area contributed by atoms with Crippen LogP contribution in [-0.2, 0) is 19.9 Å². The minimum atomic E-state index is -3.72. The van der Waals surface area contributed by atoms with Crippen molar-refractivity contribution in [3.63, 3.8) is 0 Å². The van der Waals surface area contributed by atoms with E-state index in [-0.39, 0.29) is 10.7 Å². The van der Waals surface area contributed by atoms with E-state index in [1.54, 1.807) is 12.1 Å². The van der Waals surface area contributed by atoms with Gasteiger partial charge in [0.25, 0.3) is 0 Å². The highest BCUT2D eigenvalue weighted by Gasteiger charge is 2.15. The Balaban J connectivity index is 2.83. The zero-order chi connectivity index (χ0) is 14.0. The number of hydrogen-bond donors (Lipinski definition) is 1. The molecule has 0 aliphatic carbocycles. The predicted molar refractivity (Wildman–Crippen MR) is 81.3 cm³/mol. The first-order valence-electron chi connectivity index (χ1n) is 4.72. The normalized spacial score (nSPS) is 12.4. The molecule has 1 aromatic rings. The molecule has 0 spiro atoms. The van der Waals surface area contributed by atoms with Crippen molar-refractivity contribution >= 4 is 59.7 Å². The van der Waals surface area contributed by atoms with Crippen LogP contribution in [0.25, 0.3) is 0 Å². The Bertz CT molecular complexity index is 643. The molecule has 0 heterocycles. The van der Waals surface area contributed by atoms with E-state index in [2.05, 4.69) is 4.72 Å². The maximum absolute atomic E-state index is 11.6. The zero-order valence-electron chi connectivity index (χ0n) is 9.35. The smallest absolute Gasteiger partial charge is 0.233 e. The van der Waals surface area contributed by atoms with E-state index in [9.17, 15) is 16.8 Å². The summed E-state index contributed by atoms with van der Waals surface area (Å²) in [5.41, 5.74) is 0.241. The van der Waals surface area contributed by atoms with Crippen LogP contribution in [0.1, 0.15) is 0 Å². The van der Waals surface area contributed by atoms with Crippen LogP contribution in [0, 0.1) is 3.57 Å². The Kier molecular flexibility index (Phi) is 5.27. The van der Waals surface area contributed by atoms with E-state index < -0.39 is 31.4 Å². The molecule has 0 aromatic heterocycles. The summed E-state index contributed by atoms with van der Waals surface area (Å²) in [7, 11) is -7.04. The summed E-state index contributed by atoms with van der Waals surface area (Å²) in [5, 5.41) is 0.268. The third-order valence-corrected chi connectivity index (χ3v) is 5.38. The summed E-state index contributed by atoms with van der Waals surface area (Å²) in [4.78, 5) is 0. The number of halogens is 2. The second kappa shape index (κ2) is 5.93. The average Bonchev–Trinajstić information content (AvgIpc) is 2.19. The first-order valence-corrected chi connectivity index (χ1v) is 9.89. The molecule has 102 valence electrons. The molecule has 0 bridgehead atoms. The fraction of sp³-hybridized carbons (Fsp3) is 0.333. The Morgan fingerprint density at radius 3 is 2.33 bits per heavy atom. The zero-order valence-corrected chi connectivity index (χ0v) is 13.9. The molecule has 0 aliphatic rings. The molecule has 1 N–H and O–H groups in total. The second-order valence-electron chi connectivity index (χ2n) is 3.67. The fourth-order valence-electron chi connectivity index (χ4n) is 1.05. The standard InChI is InChI=1S/C9H11ClINO4S2/c1-17(13,14)4-5-18(15,16)12-9-3-2-7(11)6-8(9)10/h2-3,6,12H,4-5H2,1H3. The van der Waals surface area contributed by atoms with Crippen LogP contribution < -0.4 is 4.72 Å². The Labute approximate surface area is 125 Å². The number of benzene rings is 1. The molecule has 0 fully saturated rings. The van der Waals surface area contributed by atoms with E-state index in [4.69, 9.17) is 11.6 Å². The number of anilines is 1. The van der Waals surface area contributed by atoms with Gasteiger partial charge in [-0.3, -0.25) is 4.72 Å². The van der Waals surface area contributed by atoms with Gasteiger partial charge >= 0.3 is 0 Å². The maximum Gasteiger partial charge on any atom is 0.233 e. The lowest BCUT2D eigenvalue weighted by atomic mass is 10.3. The van der Waals surface area contributed by atoms with Crippen LogP contribution in [0.3, 0.4) is 0 Å². The van der Waals surface area contributed by atoms with Crippen LogP contribution in [0.4, 0.5) is 5.69 Å². The monoisotopic (exact) mass is 423 g/mol. The summed E-state index contributed by atoms with van der Waals surface area (Å²) in [6.07, 6.45) is 0.986. The summed E-state index contributed by atoms with van der Waals surface area (Å²) >= 11 is 7.92. The Morgan fingerprint density at radius 2 is 1.83 bits per heavy atom. The van der Waals surface area contributed by atoms with E-state index in [1.165, 1.54) is 6.07 Å². The maximum atomic E-state index is 11.6. The highest BCUT2D eigenvalue weighted by Crippen LogP contribution is 2.24. The molecule has 5 nitrogen and oxygen atoms in total. The van der Waals surface area contributed by atoms with E-state index >= 15 is 0 Å². The number of sulfonamides is 1. The summed E-state index contributed by atoms with van der Waals surface area (Å²) in [5.74, 6) is -0.918. The molecule has 0 radical (unpaired) electrons. The summed E-state index contributed by atoms with van der Waals surface area (Å²) < 4.78 is 48.3. The van der Waals surface area contributed by atoms with Gasteiger partial charge in [-0.15, -0.1) is 0 Å². The third kappa shape index (κ3) is 5.72. The Morgan fingerprint density at radius 1 is 1.22 bits per heavy atom. The fourth-order valence-corrected chi connectivity index (χ4v) is 4.71. The van der Waals surface area contributed by atoms with Gasteiger partial charge in [-0.2, -0.15) is 0 Å². The van der Waals surface area contributed by atoms with Crippen molar-refractivity contribution in [2.45, 2.75) is 0 Å². The number of sulfone groups is 1. The minimum absolute atomic E-state index is 0.241. The van der Waals surface area contributed by atoms with Crippen LogP contribution in [0.15, 0.2) is 18.2 Å². The van der Waals surface area contributed by atoms with Crippen molar-refractivity contribution in [1.82, 2.24) is 0 Å².